The standard InChI is InChI=1S/C16H16O2/c1-11-4-7-15(13(3)8-11)18-16-9-14(10-17)6-5-12(16)2/h4-10H,1-3H3. The number of aldehydes is 1. The first-order chi connectivity index (χ1) is 8.60. The molecule has 0 spiro atoms. The summed E-state index contributed by atoms with van der Waals surface area (Å²) >= 11 is 0. The summed E-state index contributed by atoms with van der Waals surface area (Å²) in [5.74, 6) is 1.55. The number of benzene rings is 2. The third-order valence-corrected chi connectivity index (χ3v) is 2.90. The molecule has 2 nitrogen and oxygen atoms in total. The Balaban J connectivity index is 2.36. The number of hydrogen-bond acceptors (Lipinski definition) is 2. The van der Waals surface area contributed by atoms with E-state index in [2.05, 4.69) is 13.0 Å². The minimum Gasteiger partial charge on any atom is -0.457 e. The SMILES string of the molecule is Cc1ccc(Oc2cc(C=O)ccc2C)c(C)c1. The monoisotopic (exact) mass is 240 g/mol. The summed E-state index contributed by atoms with van der Waals surface area (Å²) < 4.78 is 5.88. The van der Waals surface area contributed by atoms with E-state index in [1.807, 2.05) is 32.0 Å². The second kappa shape index (κ2) is 5.05. The van der Waals surface area contributed by atoms with Crippen LogP contribution >= 0.6 is 0 Å². The molecule has 0 aliphatic heterocycles. The first-order valence-corrected chi connectivity index (χ1v) is 5.91. The third-order valence-electron chi connectivity index (χ3n) is 2.90. The van der Waals surface area contributed by atoms with Crippen LogP contribution in [0.15, 0.2) is 36.4 Å². The van der Waals surface area contributed by atoms with Gasteiger partial charge in [-0.3, -0.25) is 4.79 Å². The quantitative estimate of drug-likeness (QED) is 0.751. The van der Waals surface area contributed by atoms with Crippen molar-refractivity contribution >= 4 is 6.29 Å². The van der Waals surface area contributed by atoms with Gasteiger partial charge in [-0.2, -0.15) is 0 Å². The van der Waals surface area contributed by atoms with Crippen LogP contribution in [-0.2, 0) is 0 Å². The molecule has 2 heteroatoms. The van der Waals surface area contributed by atoms with Gasteiger partial charge in [-0.1, -0.05) is 29.8 Å². The summed E-state index contributed by atoms with van der Waals surface area (Å²) in [4.78, 5) is 10.8. The Labute approximate surface area is 107 Å². The van der Waals surface area contributed by atoms with Crippen LogP contribution in [0.3, 0.4) is 0 Å². The molecule has 0 N–H and O–H groups in total. The van der Waals surface area contributed by atoms with Gasteiger partial charge in [-0.15, -0.1) is 0 Å². The number of aryl methyl sites for hydroxylation is 3. The fourth-order valence-electron chi connectivity index (χ4n) is 1.83. The Morgan fingerprint density at radius 1 is 0.889 bits per heavy atom. The van der Waals surface area contributed by atoms with Crippen molar-refractivity contribution in [2.24, 2.45) is 0 Å². The van der Waals surface area contributed by atoms with Crippen molar-refractivity contribution in [1.29, 1.82) is 0 Å². The molecule has 0 bridgehead atoms. The average molecular weight is 240 g/mol. The zero-order chi connectivity index (χ0) is 13.1. The minimum absolute atomic E-state index is 0.625. The maximum Gasteiger partial charge on any atom is 0.150 e. The first kappa shape index (κ1) is 12.4. The summed E-state index contributed by atoms with van der Waals surface area (Å²) in [6.45, 7) is 6.03. The molecular formula is C16H16O2. The molecule has 0 saturated carbocycles. The summed E-state index contributed by atoms with van der Waals surface area (Å²) in [5.41, 5.74) is 3.94. The first-order valence-electron chi connectivity index (χ1n) is 5.91. The van der Waals surface area contributed by atoms with E-state index in [4.69, 9.17) is 4.74 Å². The van der Waals surface area contributed by atoms with Crippen LogP contribution in [0, 0.1) is 20.8 Å². The lowest BCUT2D eigenvalue weighted by molar-refractivity contribution is 0.112. The molecule has 2 rings (SSSR count). The van der Waals surface area contributed by atoms with Gasteiger partial charge in [-0.05, 0) is 44.0 Å². The normalized spacial score (nSPS) is 10.2. The molecule has 0 heterocycles. The fraction of sp³-hybridized carbons (Fsp3) is 0.188. The van der Waals surface area contributed by atoms with E-state index in [0.717, 1.165) is 28.9 Å². The number of carbonyl (C=O) groups excluding carboxylic acids is 1. The van der Waals surface area contributed by atoms with Crippen molar-refractivity contribution in [1.82, 2.24) is 0 Å². The van der Waals surface area contributed by atoms with Crippen molar-refractivity contribution in [3.05, 3.63) is 58.7 Å². The molecule has 0 radical (unpaired) electrons. The van der Waals surface area contributed by atoms with Crippen LogP contribution in [0.25, 0.3) is 0 Å². The van der Waals surface area contributed by atoms with Gasteiger partial charge in [0.05, 0.1) is 0 Å². The van der Waals surface area contributed by atoms with Crippen LogP contribution in [0.4, 0.5) is 0 Å². The maximum atomic E-state index is 10.8. The minimum atomic E-state index is 0.625. The summed E-state index contributed by atoms with van der Waals surface area (Å²) in [6.07, 6.45) is 0.828. The van der Waals surface area contributed by atoms with E-state index in [9.17, 15) is 4.79 Å². The zero-order valence-corrected chi connectivity index (χ0v) is 10.9. The molecule has 0 aliphatic carbocycles. The van der Waals surface area contributed by atoms with E-state index in [1.165, 1.54) is 5.56 Å². The highest BCUT2D eigenvalue weighted by Gasteiger charge is 2.05. The third kappa shape index (κ3) is 2.59. The lowest BCUT2D eigenvalue weighted by Gasteiger charge is -2.11. The van der Waals surface area contributed by atoms with Crippen LogP contribution < -0.4 is 4.74 Å². The van der Waals surface area contributed by atoms with Crippen molar-refractivity contribution in [3.8, 4) is 11.5 Å². The molecular weight excluding hydrogens is 224 g/mol. The molecule has 0 aromatic heterocycles. The van der Waals surface area contributed by atoms with Gasteiger partial charge in [0.25, 0.3) is 0 Å². The Morgan fingerprint density at radius 3 is 2.33 bits per heavy atom. The van der Waals surface area contributed by atoms with Gasteiger partial charge in [-0.25, -0.2) is 0 Å². The lowest BCUT2D eigenvalue weighted by Crippen LogP contribution is -1.92. The smallest absolute Gasteiger partial charge is 0.150 e. The highest BCUT2D eigenvalue weighted by atomic mass is 16.5. The lowest BCUT2D eigenvalue weighted by atomic mass is 10.1. The Bertz CT molecular complexity index is 586. The van der Waals surface area contributed by atoms with Gasteiger partial charge >= 0.3 is 0 Å². The average Bonchev–Trinajstić information content (AvgIpc) is 2.35. The van der Waals surface area contributed by atoms with Gasteiger partial charge in [0.1, 0.15) is 17.8 Å². The Hall–Kier alpha value is -2.09. The molecule has 0 fully saturated rings. The second-order valence-electron chi connectivity index (χ2n) is 4.51. The Morgan fingerprint density at radius 2 is 1.67 bits per heavy atom. The van der Waals surface area contributed by atoms with Crippen molar-refractivity contribution in [2.75, 3.05) is 0 Å². The molecule has 92 valence electrons. The highest BCUT2D eigenvalue weighted by molar-refractivity contribution is 5.76. The van der Waals surface area contributed by atoms with Crippen LogP contribution in [0.2, 0.25) is 0 Å². The predicted molar refractivity (Wildman–Crippen MR) is 72.6 cm³/mol. The largest absolute Gasteiger partial charge is 0.457 e. The molecule has 0 unspecified atom stereocenters. The summed E-state index contributed by atoms with van der Waals surface area (Å²) in [7, 11) is 0. The van der Waals surface area contributed by atoms with Crippen LogP contribution in [-0.4, -0.2) is 6.29 Å². The van der Waals surface area contributed by atoms with E-state index >= 15 is 0 Å². The second-order valence-corrected chi connectivity index (χ2v) is 4.51. The number of rotatable bonds is 3. The Kier molecular flexibility index (Phi) is 3.47. The zero-order valence-electron chi connectivity index (χ0n) is 10.9. The van der Waals surface area contributed by atoms with Crippen LogP contribution in [0.5, 0.6) is 11.5 Å². The summed E-state index contributed by atoms with van der Waals surface area (Å²) in [5, 5.41) is 0. The fourth-order valence-corrected chi connectivity index (χ4v) is 1.83. The van der Waals surface area contributed by atoms with Crippen molar-refractivity contribution in [3.63, 3.8) is 0 Å². The van der Waals surface area contributed by atoms with Crippen molar-refractivity contribution in [2.45, 2.75) is 20.8 Å². The molecule has 2 aromatic carbocycles. The molecule has 0 saturated heterocycles. The summed E-state index contributed by atoms with van der Waals surface area (Å²) in [6, 6.07) is 11.5. The van der Waals surface area contributed by atoms with E-state index in [1.54, 1.807) is 12.1 Å². The number of carbonyl (C=O) groups is 1. The van der Waals surface area contributed by atoms with E-state index in [-0.39, 0.29) is 0 Å². The maximum absolute atomic E-state index is 10.8. The van der Waals surface area contributed by atoms with Gasteiger partial charge in [0.2, 0.25) is 0 Å². The molecule has 0 amide bonds. The van der Waals surface area contributed by atoms with Gasteiger partial charge in [0.15, 0.2) is 0 Å². The van der Waals surface area contributed by atoms with Gasteiger partial charge < -0.3 is 4.74 Å². The van der Waals surface area contributed by atoms with Gasteiger partial charge in [0, 0.05) is 5.56 Å². The van der Waals surface area contributed by atoms with Crippen molar-refractivity contribution < 1.29 is 9.53 Å². The number of ether oxygens (including phenoxy) is 1. The molecule has 0 aliphatic rings. The topological polar surface area (TPSA) is 26.3 Å². The van der Waals surface area contributed by atoms with E-state index in [0.29, 0.717) is 5.56 Å². The molecule has 0 atom stereocenters. The molecule has 18 heavy (non-hydrogen) atoms. The molecule has 2 aromatic rings. The van der Waals surface area contributed by atoms with E-state index < -0.39 is 0 Å². The predicted octanol–water partition coefficient (Wildman–Crippen LogP) is 4.22. The highest BCUT2D eigenvalue weighted by Crippen LogP contribution is 2.28. The van der Waals surface area contributed by atoms with Crippen LogP contribution in [0.1, 0.15) is 27.0 Å². The number of hydrogen-bond donors (Lipinski definition) is 0.